The van der Waals surface area contributed by atoms with Crippen molar-refractivity contribution in [1.29, 1.82) is 0 Å². The van der Waals surface area contributed by atoms with Crippen molar-refractivity contribution in [3.8, 4) is 5.75 Å². The van der Waals surface area contributed by atoms with Gasteiger partial charge in [0.2, 0.25) is 0 Å². The van der Waals surface area contributed by atoms with Crippen molar-refractivity contribution in [2.24, 2.45) is 0 Å². The molecule has 0 saturated heterocycles. The number of carbonyl (C=O) groups is 1. The zero-order valence-corrected chi connectivity index (χ0v) is 10.6. The van der Waals surface area contributed by atoms with Crippen LogP contribution in [0, 0.1) is 0 Å². The minimum Gasteiger partial charge on any atom is -0.508 e. The predicted molar refractivity (Wildman–Crippen MR) is 69.2 cm³/mol. The topological polar surface area (TPSA) is 46.5 Å². The molecule has 0 aromatic heterocycles. The third kappa shape index (κ3) is 2.40. The van der Waals surface area contributed by atoms with E-state index in [2.05, 4.69) is 6.58 Å². The SMILES string of the molecule is C=C(C)C(=O)OC1(c2ccc(O)cc2)CCCC1. The molecule has 1 aromatic carbocycles. The van der Waals surface area contributed by atoms with Crippen molar-refractivity contribution in [2.75, 3.05) is 0 Å². The van der Waals surface area contributed by atoms with Crippen LogP contribution in [0.1, 0.15) is 38.2 Å². The maximum Gasteiger partial charge on any atom is 0.333 e. The third-order valence-corrected chi connectivity index (χ3v) is 3.44. The molecule has 3 heteroatoms. The van der Waals surface area contributed by atoms with Crippen LogP contribution in [0.15, 0.2) is 36.4 Å². The molecule has 96 valence electrons. The van der Waals surface area contributed by atoms with Gasteiger partial charge in [-0.15, -0.1) is 0 Å². The Kier molecular flexibility index (Phi) is 3.41. The summed E-state index contributed by atoms with van der Waals surface area (Å²) in [5.74, 6) is -0.122. The number of benzene rings is 1. The van der Waals surface area contributed by atoms with Gasteiger partial charge < -0.3 is 9.84 Å². The molecule has 0 spiro atoms. The summed E-state index contributed by atoms with van der Waals surface area (Å²) in [5, 5.41) is 9.33. The minimum atomic E-state index is -0.538. The highest BCUT2D eigenvalue weighted by atomic mass is 16.6. The summed E-state index contributed by atoms with van der Waals surface area (Å²) in [6.07, 6.45) is 3.75. The van der Waals surface area contributed by atoms with E-state index < -0.39 is 5.60 Å². The second-order valence-electron chi connectivity index (χ2n) is 4.92. The number of hydrogen-bond acceptors (Lipinski definition) is 3. The van der Waals surface area contributed by atoms with E-state index in [1.165, 1.54) is 0 Å². The summed E-state index contributed by atoms with van der Waals surface area (Å²) in [6, 6.07) is 6.91. The molecular formula is C15H18O3. The number of phenolic OH excluding ortho intramolecular Hbond substituents is 1. The van der Waals surface area contributed by atoms with Crippen LogP contribution in [0.3, 0.4) is 0 Å². The van der Waals surface area contributed by atoms with Gasteiger partial charge >= 0.3 is 5.97 Å². The largest absolute Gasteiger partial charge is 0.508 e. The molecule has 0 aliphatic heterocycles. The monoisotopic (exact) mass is 246 g/mol. The molecule has 1 aliphatic rings. The predicted octanol–water partition coefficient (Wildman–Crippen LogP) is 3.28. The van der Waals surface area contributed by atoms with E-state index in [0.717, 1.165) is 31.2 Å². The lowest BCUT2D eigenvalue weighted by atomic mass is 9.91. The lowest BCUT2D eigenvalue weighted by molar-refractivity contribution is -0.155. The number of phenols is 1. The van der Waals surface area contributed by atoms with Crippen molar-refractivity contribution in [3.63, 3.8) is 0 Å². The van der Waals surface area contributed by atoms with E-state index in [0.29, 0.717) is 5.57 Å². The smallest absolute Gasteiger partial charge is 0.333 e. The Morgan fingerprint density at radius 3 is 2.33 bits per heavy atom. The molecule has 1 N–H and O–H groups in total. The van der Waals surface area contributed by atoms with Gasteiger partial charge in [0.25, 0.3) is 0 Å². The van der Waals surface area contributed by atoms with Crippen LogP contribution in [0.25, 0.3) is 0 Å². The molecule has 0 bridgehead atoms. The molecule has 1 aromatic rings. The van der Waals surface area contributed by atoms with Crippen LogP contribution in [-0.4, -0.2) is 11.1 Å². The quantitative estimate of drug-likeness (QED) is 0.657. The number of aromatic hydroxyl groups is 1. The van der Waals surface area contributed by atoms with Gasteiger partial charge in [-0.25, -0.2) is 4.79 Å². The summed E-state index contributed by atoms with van der Waals surface area (Å²) < 4.78 is 5.67. The van der Waals surface area contributed by atoms with Gasteiger partial charge in [-0.1, -0.05) is 18.7 Å². The third-order valence-electron chi connectivity index (χ3n) is 3.44. The first kappa shape index (κ1) is 12.7. The second-order valence-corrected chi connectivity index (χ2v) is 4.92. The average Bonchev–Trinajstić information content (AvgIpc) is 2.79. The molecule has 3 nitrogen and oxygen atoms in total. The second kappa shape index (κ2) is 4.84. The highest BCUT2D eigenvalue weighted by molar-refractivity contribution is 5.87. The summed E-state index contributed by atoms with van der Waals surface area (Å²) in [4.78, 5) is 11.8. The molecule has 1 saturated carbocycles. The van der Waals surface area contributed by atoms with Crippen molar-refractivity contribution in [2.45, 2.75) is 38.2 Å². The molecule has 0 radical (unpaired) electrons. The number of ether oxygens (including phenoxy) is 1. The first-order valence-electron chi connectivity index (χ1n) is 6.22. The van der Waals surface area contributed by atoms with Gasteiger partial charge in [-0.05, 0) is 50.3 Å². The molecule has 0 amide bonds. The Hall–Kier alpha value is -1.77. The molecule has 0 heterocycles. The van der Waals surface area contributed by atoms with Gasteiger partial charge in [-0.2, -0.15) is 0 Å². The molecule has 0 atom stereocenters. The standard InChI is InChI=1S/C15H18O3/c1-11(2)14(17)18-15(9-3-4-10-15)12-5-7-13(16)8-6-12/h5-8,16H,1,3-4,9-10H2,2H3. The van der Waals surface area contributed by atoms with Crippen molar-refractivity contribution < 1.29 is 14.6 Å². The Bertz CT molecular complexity index is 453. The van der Waals surface area contributed by atoms with Crippen molar-refractivity contribution >= 4 is 5.97 Å². The first-order chi connectivity index (χ1) is 8.53. The summed E-state index contributed by atoms with van der Waals surface area (Å²) >= 11 is 0. The fourth-order valence-electron chi connectivity index (χ4n) is 2.43. The van der Waals surface area contributed by atoms with Gasteiger partial charge in [0.1, 0.15) is 11.4 Å². The van der Waals surface area contributed by atoms with E-state index in [-0.39, 0.29) is 11.7 Å². The molecular weight excluding hydrogens is 228 g/mol. The summed E-state index contributed by atoms with van der Waals surface area (Å²) in [5.41, 5.74) is 0.830. The van der Waals surface area contributed by atoms with Gasteiger partial charge in [0, 0.05) is 5.57 Å². The van der Waals surface area contributed by atoms with E-state index in [9.17, 15) is 9.90 Å². The van der Waals surface area contributed by atoms with E-state index in [4.69, 9.17) is 4.74 Å². The van der Waals surface area contributed by atoms with Crippen molar-refractivity contribution in [3.05, 3.63) is 42.0 Å². The molecule has 2 rings (SSSR count). The van der Waals surface area contributed by atoms with Gasteiger partial charge in [0.15, 0.2) is 0 Å². The Morgan fingerprint density at radius 2 is 1.83 bits per heavy atom. The minimum absolute atomic E-state index is 0.220. The van der Waals surface area contributed by atoms with Gasteiger partial charge in [0.05, 0.1) is 0 Å². The van der Waals surface area contributed by atoms with Crippen LogP contribution in [-0.2, 0) is 15.1 Å². The Balaban J connectivity index is 2.29. The maximum absolute atomic E-state index is 11.8. The molecule has 0 unspecified atom stereocenters. The van der Waals surface area contributed by atoms with Crippen LogP contribution in [0.2, 0.25) is 0 Å². The summed E-state index contributed by atoms with van der Waals surface area (Å²) in [6.45, 7) is 5.28. The molecule has 1 aliphatic carbocycles. The first-order valence-corrected chi connectivity index (χ1v) is 6.22. The van der Waals surface area contributed by atoms with Crippen molar-refractivity contribution in [1.82, 2.24) is 0 Å². The van der Waals surface area contributed by atoms with E-state index >= 15 is 0 Å². The highest BCUT2D eigenvalue weighted by Crippen LogP contribution is 2.42. The zero-order chi connectivity index (χ0) is 13.2. The normalized spacial score (nSPS) is 17.4. The Labute approximate surface area is 107 Å². The molecule has 18 heavy (non-hydrogen) atoms. The lowest BCUT2D eigenvalue weighted by Gasteiger charge is -2.29. The molecule has 1 fully saturated rings. The van der Waals surface area contributed by atoms with Crippen LogP contribution >= 0.6 is 0 Å². The average molecular weight is 246 g/mol. The zero-order valence-electron chi connectivity index (χ0n) is 10.6. The fraction of sp³-hybridized carbons (Fsp3) is 0.400. The number of hydrogen-bond donors (Lipinski definition) is 1. The number of rotatable bonds is 3. The van der Waals surface area contributed by atoms with Crippen LogP contribution in [0.5, 0.6) is 5.75 Å². The maximum atomic E-state index is 11.8. The highest BCUT2D eigenvalue weighted by Gasteiger charge is 2.39. The van der Waals surface area contributed by atoms with Crippen LogP contribution in [0.4, 0.5) is 0 Å². The lowest BCUT2D eigenvalue weighted by Crippen LogP contribution is -2.29. The Morgan fingerprint density at radius 1 is 1.28 bits per heavy atom. The number of carbonyl (C=O) groups excluding carboxylic acids is 1. The van der Waals surface area contributed by atoms with E-state index in [1.54, 1.807) is 19.1 Å². The number of esters is 1. The van der Waals surface area contributed by atoms with E-state index in [1.807, 2.05) is 12.1 Å². The van der Waals surface area contributed by atoms with Gasteiger partial charge in [-0.3, -0.25) is 0 Å². The summed E-state index contributed by atoms with van der Waals surface area (Å²) in [7, 11) is 0. The fourth-order valence-corrected chi connectivity index (χ4v) is 2.43. The van der Waals surface area contributed by atoms with Crippen LogP contribution < -0.4 is 0 Å².